The molecule has 2 aliphatic rings. The number of carbonyl (C=O) groups excluding carboxylic acids is 2. The van der Waals surface area contributed by atoms with Crippen LogP contribution in [0.4, 0.5) is 0 Å². The zero-order valence-corrected chi connectivity index (χ0v) is 17.1. The van der Waals surface area contributed by atoms with Gasteiger partial charge in [-0.15, -0.1) is 0 Å². The number of ether oxygens (including phenoxy) is 1. The fraction of sp³-hybridized carbons (Fsp3) is 0.619. The molecule has 2 atom stereocenters. The average Bonchev–Trinajstić information content (AvgIpc) is 3.03. The SMILES string of the molecule is CCCCN1C(=O)CC(C(=O)NC2CCSCC2)C1c1ccc(OC)cc1. The smallest absolute Gasteiger partial charge is 0.226 e. The molecule has 0 spiro atoms. The summed E-state index contributed by atoms with van der Waals surface area (Å²) in [6.07, 6.45) is 4.31. The van der Waals surface area contributed by atoms with Crippen molar-refractivity contribution < 1.29 is 14.3 Å². The van der Waals surface area contributed by atoms with Crippen molar-refractivity contribution in [3.8, 4) is 5.75 Å². The van der Waals surface area contributed by atoms with E-state index in [0.717, 1.165) is 48.5 Å². The van der Waals surface area contributed by atoms with Crippen LogP contribution in [0.1, 0.15) is 50.6 Å². The molecular weight excluding hydrogens is 360 g/mol. The Morgan fingerprint density at radius 1 is 1.26 bits per heavy atom. The summed E-state index contributed by atoms with van der Waals surface area (Å²) in [5.74, 6) is 2.77. The number of hydrogen-bond donors (Lipinski definition) is 1. The predicted octanol–water partition coefficient (Wildman–Crippen LogP) is 3.40. The maximum absolute atomic E-state index is 13.1. The van der Waals surface area contributed by atoms with Gasteiger partial charge in [-0.2, -0.15) is 11.8 Å². The molecule has 6 heteroatoms. The molecule has 2 aliphatic heterocycles. The standard InChI is InChI=1S/C21H30N2O3S/c1-3-4-11-23-19(24)14-18(21(25)22-16-9-12-27-13-10-16)20(23)15-5-7-17(26-2)8-6-15/h5-8,16,18,20H,3-4,9-14H2,1-2H3,(H,22,25). The van der Waals surface area contributed by atoms with Gasteiger partial charge in [0.2, 0.25) is 11.8 Å². The van der Waals surface area contributed by atoms with Gasteiger partial charge in [0.05, 0.1) is 19.1 Å². The number of benzene rings is 1. The topological polar surface area (TPSA) is 58.6 Å². The molecule has 1 N–H and O–H groups in total. The van der Waals surface area contributed by atoms with Gasteiger partial charge in [-0.25, -0.2) is 0 Å². The van der Waals surface area contributed by atoms with E-state index in [9.17, 15) is 9.59 Å². The molecule has 0 bridgehead atoms. The molecule has 0 saturated carbocycles. The number of thioether (sulfide) groups is 1. The summed E-state index contributed by atoms with van der Waals surface area (Å²) in [5.41, 5.74) is 1.01. The summed E-state index contributed by atoms with van der Waals surface area (Å²) in [4.78, 5) is 27.7. The fourth-order valence-corrected chi connectivity index (χ4v) is 5.09. The molecule has 2 amide bonds. The minimum absolute atomic E-state index is 0.0278. The van der Waals surface area contributed by atoms with Crippen LogP contribution in [-0.4, -0.2) is 47.9 Å². The normalized spacial score (nSPS) is 23.5. The van der Waals surface area contributed by atoms with Crippen molar-refractivity contribution >= 4 is 23.6 Å². The highest BCUT2D eigenvalue weighted by molar-refractivity contribution is 7.99. The summed E-state index contributed by atoms with van der Waals surface area (Å²) in [5, 5.41) is 3.22. The number of methoxy groups -OCH3 is 1. The second kappa shape index (κ2) is 9.49. The van der Waals surface area contributed by atoms with E-state index in [0.29, 0.717) is 13.0 Å². The van der Waals surface area contributed by atoms with Crippen molar-refractivity contribution in [2.24, 2.45) is 5.92 Å². The van der Waals surface area contributed by atoms with Gasteiger partial charge in [0.15, 0.2) is 0 Å². The molecule has 148 valence electrons. The van der Waals surface area contributed by atoms with Gasteiger partial charge in [0.25, 0.3) is 0 Å². The Morgan fingerprint density at radius 2 is 1.96 bits per heavy atom. The Kier molecular flexibility index (Phi) is 7.05. The molecule has 2 fully saturated rings. The van der Waals surface area contributed by atoms with Crippen molar-refractivity contribution in [3.05, 3.63) is 29.8 Å². The Labute approximate surface area is 166 Å². The Morgan fingerprint density at radius 3 is 2.59 bits per heavy atom. The first-order chi connectivity index (χ1) is 13.1. The van der Waals surface area contributed by atoms with Gasteiger partial charge < -0.3 is 15.0 Å². The highest BCUT2D eigenvalue weighted by Crippen LogP contribution is 2.39. The first-order valence-electron chi connectivity index (χ1n) is 9.95. The number of rotatable bonds is 7. The first-order valence-corrected chi connectivity index (χ1v) is 11.1. The van der Waals surface area contributed by atoms with Crippen molar-refractivity contribution in [1.82, 2.24) is 10.2 Å². The largest absolute Gasteiger partial charge is 0.497 e. The molecule has 5 nitrogen and oxygen atoms in total. The molecular formula is C21H30N2O3S. The van der Waals surface area contributed by atoms with Crippen LogP contribution in [0.15, 0.2) is 24.3 Å². The monoisotopic (exact) mass is 390 g/mol. The average molecular weight is 391 g/mol. The third kappa shape index (κ3) is 4.78. The molecule has 2 saturated heterocycles. The third-order valence-corrected chi connectivity index (χ3v) is 6.59. The molecule has 27 heavy (non-hydrogen) atoms. The summed E-state index contributed by atoms with van der Waals surface area (Å²) < 4.78 is 5.26. The lowest BCUT2D eigenvalue weighted by Gasteiger charge is -2.30. The van der Waals surface area contributed by atoms with E-state index in [4.69, 9.17) is 4.74 Å². The lowest BCUT2D eigenvalue weighted by atomic mass is 9.92. The van der Waals surface area contributed by atoms with Crippen LogP contribution in [-0.2, 0) is 9.59 Å². The van der Waals surface area contributed by atoms with Gasteiger partial charge in [-0.1, -0.05) is 25.5 Å². The van der Waals surface area contributed by atoms with E-state index in [2.05, 4.69) is 12.2 Å². The molecule has 0 aromatic heterocycles. The molecule has 1 aromatic carbocycles. The summed E-state index contributed by atoms with van der Waals surface area (Å²) in [6, 6.07) is 7.84. The molecule has 0 aliphatic carbocycles. The summed E-state index contributed by atoms with van der Waals surface area (Å²) in [7, 11) is 1.64. The van der Waals surface area contributed by atoms with E-state index in [1.165, 1.54) is 0 Å². The number of unbranched alkanes of at least 4 members (excludes halogenated alkanes) is 1. The number of hydrogen-bond acceptors (Lipinski definition) is 4. The molecule has 2 heterocycles. The van der Waals surface area contributed by atoms with Crippen LogP contribution in [0, 0.1) is 5.92 Å². The quantitative estimate of drug-likeness (QED) is 0.775. The zero-order valence-electron chi connectivity index (χ0n) is 16.3. The van der Waals surface area contributed by atoms with E-state index in [-0.39, 0.29) is 29.8 Å². The van der Waals surface area contributed by atoms with Crippen molar-refractivity contribution in [1.29, 1.82) is 0 Å². The lowest BCUT2D eigenvalue weighted by molar-refractivity contribution is -0.129. The highest BCUT2D eigenvalue weighted by Gasteiger charge is 2.44. The van der Waals surface area contributed by atoms with Crippen LogP contribution >= 0.6 is 11.8 Å². The minimum atomic E-state index is -0.322. The van der Waals surface area contributed by atoms with Crippen LogP contribution in [0.25, 0.3) is 0 Å². The molecule has 0 radical (unpaired) electrons. The van der Waals surface area contributed by atoms with Crippen molar-refractivity contribution in [2.45, 2.75) is 51.1 Å². The summed E-state index contributed by atoms with van der Waals surface area (Å²) >= 11 is 1.94. The van der Waals surface area contributed by atoms with Gasteiger partial charge in [0, 0.05) is 19.0 Å². The number of carbonyl (C=O) groups is 2. The molecule has 1 aromatic rings. The van der Waals surface area contributed by atoms with Crippen molar-refractivity contribution in [3.63, 3.8) is 0 Å². The van der Waals surface area contributed by atoms with Crippen LogP contribution in [0.3, 0.4) is 0 Å². The van der Waals surface area contributed by atoms with Gasteiger partial charge in [0.1, 0.15) is 5.75 Å². The number of nitrogens with one attached hydrogen (secondary N) is 1. The van der Waals surface area contributed by atoms with Crippen molar-refractivity contribution in [2.75, 3.05) is 25.2 Å². The maximum atomic E-state index is 13.1. The lowest BCUT2D eigenvalue weighted by Crippen LogP contribution is -2.42. The number of amides is 2. The third-order valence-electron chi connectivity index (χ3n) is 5.55. The molecule has 3 rings (SSSR count). The first kappa shape index (κ1) is 20.1. The van der Waals surface area contributed by atoms with E-state index < -0.39 is 0 Å². The van der Waals surface area contributed by atoms with E-state index in [1.54, 1.807) is 7.11 Å². The van der Waals surface area contributed by atoms with Crippen LogP contribution < -0.4 is 10.1 Å². The second-order valence-corrected chi connectivity index (χ2v) is 8.59. The predicted molar refractivity (Wildman–Crippen MR) is 109 cm³/mol. The number of likely N-dealkylation sites (tertiary alicyclic amines) is 1. The van der Waals surface area contributed by atoms with Gasteiger partial charge >= 0.3 is 0 Å². The van der Waals surface area contributed by atoms with Crippen LogP contribution in [0.5, 0.6) is 5.75 Å². The van der Waals surface area contributed by atoms with Gasteiger partial charge in [-0.3, -0.25) is 9.59 Å². The number of nitrogens with zero attached hydrogens (tertiary/aromatic N) is 1. The Hall–Kier alpha value is -1.69. The molecule has 2 unspecified atom stereocenters. The maximum Gasteiger partial charge on any atom is 0.226 e. The Bertz CT molecular complexity index is 643. The van der Waals surface area contributed by atoms with E-state index >= 15 is 0 Å². The highest BCUT2D eigenvalue weighted by atomic mass is 32.2. The fourth-order valence-electron chi connectivity index (χ4n) is 3.98. The van der Waals surface area contributed by atoms with Gasteiger partial charge in [-0.05, 0) is 48.5 Å². The van der Waals surface area contributed by atoms with Crippen LogP contribution in [0.2, 0.25) is 0 Å². The van der Waals surface area contributed by atoms with E-state index in [1.807, 2.05) is 40.9 Å². The Balaban J connectivity index is 1.80. The zero-order chi connectivity index (χ0) is 19.2. The minimum Gasteiger partial charge on any atom is -0.497 e. The second-order valence-electron chi connectivity index (χ2n) is 7.36. The summed E-state index contributed by atoms with van der Waals surface area (Å²) in [6.45, 7) is 2.82.